The molecule has 1 aliphatic heterocycles. The molecule has 1 heterocycles. The monoisotopic (exact) mass is 242 g/mol. The number of hydrogen-bond donors (Lipinski definition) is 1. The first-order valence-corrected chi connectivity index (χ1v) is 7.09. The van der Waals surface area contributed by atoms with Gasteiger partial charge in [0.05, 0.1) is 6.10 Å². The predicted octanol–water partition coefficient (Wildman–Crippen LogP) is 2.12. The Morgan fingerprint density at radius 2 is 1.94 bits per heavy atom. The minimum atomic E-state index is 0.413. The third-order valence-corrected chi connectivity index (χ3v) is 4.13. The molecule has 0 radical (unpaired) electrons. The highest BCUT2D eigenvalue weighted by Crippen LogP contribution is 2.24. The molecule has 102 valence electrons. The molecular formula is C14H30N2O. The van der Waals surface area contributed by atoms with Gasteiger partial charge in [-0.25, -0.2) is 0 Å². The van der Waals surface area contributed by atoms with Crippen LogP contribution in [-0.2, 0) is 4.74 Å². The van der Waals surface area contributed by atoms with E-state index in [2.05, 4.69) is 31.0 Å². The van der Waals surface area contributed by atoms with E-state index in [1.807, 2.05) is 7.11 Å². The van der Waals surface area contributed by atoms with Gasteiger partial charge in [0.2, 0.25) is 0 Å². The largest absolute Gasteiger partial charge is 0.381 e. The molecular weight excluding hydrogens is 212 g/mol. The van der Waals surface area contributed by atoms with Gasteiger partial charge in [-0.1, -0.05) is 20.8 Å². The Hall–Kier alpha value is -0.120. The maximum atomic E-state index is 5.42. The first-order valence-electron chi connectivity index (χ1n) is 7.09. The van der Waals surface area contributed by atoms with Gasteiger partial charge >= 0.3 is 0 Å². The second-order valence-electron chi connectivity index (χ2n) is 5.66. The van der Waals surface area contributed by atoms with Crippen molar-refractivity contribution in [3.05, 3.63) is 0 Å². The third kappa shape index (κ3) is 4.94. The molecule has 0 aromatic carbocycles. The molecule has 1 atom stereocenters. The van der Waals surface area contributed by atoms with Gasteiger partial charge in [-0.2, -0.15) is 0 Å². The fraction of sp³-hybridized carbons (Fsp3) is 1.00. The van der Waals surface area contributed by atoms with Gasteiger partial charge in [-0.15, -0.1) is 0 Å². The molecule has 0 amide bonds. The summed E-state index contributed by atoms with van der Waals surface area (Å²) in [6.45, 7) is 12.7. The molecule has 1 fully saturated rings. The summed E-state index contributed by atoms with van der Waals surface area (Å²) in [5.74, 6) is 0. The van der Waals surface area contributed by atoms with Crippen molar-refractivity contribution >= 4 is 0 Å². The molecule has 0 saturated carbocycles. The lowest BCUT2D eigenvalue weighted by Crippen LogP contribution is -2.45. The summed E-state index contributed by atoms with van der Waals surface area (Å²) < 4.78 is 5.42. The van der Waals surface area contributed by atoms with Crippen molar-refractivity contribution in [1.82, 2.24) is 10.2 Å². The topological polar surface area (TPSA) is 24.5 Å². The number of piperidine rings is 1. The van der Waals surface area contributed by atoms with Crippen molar-refractivity contribution in [3.8, 4) is 0 Å². The van der Waals surface area contributed by atoms with Gasteiger partial charge in [0.1, 0.15) is 0 Å². The average molecular weight is 242 g/mol. The molecule has 1 aliphatic rings. The Balaban J connectivity index is 2.35. The van der Waals surface area contributed by atoms with Gasteiger partial charge in [0, 0.05) is 33.3 Å². The second kappa shape index (κ2) is 7.34. The quantitative estimate of drug-likeness (QED) is 0.740. The molecule has 1 N–H and O–H groups in total. The van der Waals surface area contributed by atoms with Crippen LogP contribution >= 0.6 is 0 Å². The lowest BCUT2D eigenvalue weighted by Gasteiger charge is -2.38. The van der Waals surface area contributed by atoms with E-state index in [1.165, 1.54) is 38.9 Å². The zero-order chi connectivity index (χ0) is 12.7. The van der Waals surface area contributed by atoms with Gasteiger partial charge in [0.25, 0.3) is 0 Å². The van der Waals surface area contributed by atoms with Crippen LogP contribution in [0.3, 0.4) is 0 Å². The van der Waals surface area contributed by atoms with E-state index < -0.39 is 0 Å². The Morgan fingerprint density at radius 3 is 2.41 bits per heavy atom. The van der Waals surface area contributed by atoms with E-state index >= 15 is 0 Å². The summed E-state index contributed by atoms with van der Waals surface area (Å²) >= 11 is 0. The third-order valence-electron chi connectivity index (χ3n) is 4.13. The van der Waals surface area contributed by atoms with Crippen molar-refractivity contribution in [2.75, 3.05) is 39.8 Å². The Labute approximate surface area is 107 Å². The van der Waals surface area contributed by atoms with E-state index in [0.29, 0.717) is 11.5 Å². The number of rotatable bonds is 7. The molecule has 3 heteroatoms. The summed E-state index contributed by atoms with van der Waals surface area (Å²) in [5, 5.41) is 3.50. The van der Waals surface area contributed by atoms with Gasteiger partial charge in [-0.3, -0.25) is 0 Å². The molecule has 0 aromatic rings. The van der Waals surface area contributed by atoms with Crippen molar-refractivity contribution < 1.29 is 4.74 Å². The number of ether oxygens (including phenoxy) is 1. The summed E-state index contributed by atoms with van der Waals surface area (Å²) in [6, 6.07) is 0. The number of nitrogens with zero attached hydrogens (tertiary/aromatic N) is 1. The van der Waals surface area contributed by atoms with Crippen molar-refractivity contribution in [2.24, 2.45) is 5.41 Å². The molecule has 1 unspecified atom stereocenters. The van der Waals surface area contributed by atoms with E-state index in [-0.39, 0.29) is 0 Å². The lowest BCUT2D eigenvalue weighted by atomic mass is 9.86. The summed E-state index contributed by atoms with van der Waals surface area (Å²) in [4.78, 5) is 2.61. The fourth-order valence-corrected chi connectivity index (χ4v) is 2.56. The van der Waals surface area contributed by atoms with Crippen LogP contribution in [-0.4, -0.2) is 50.8 Å². The molecule has 1 saturated heterocycles. The minimum absolute atomic E-state index is 0.413. The van der Waals surface area contributed by atoms with Gasteiger partial charge in [-0.05, 0) is 31.2 Å². The molecule has 0 aliphatic carbocycles. The molecule has 17 heavy (non-hydrogen) atoms. The maximum Gasteiger partial charge on any atom is 0.0595 e. The molecule has 0 spiro atoms. The van der Waals surface area contributed by atoms with Crippen molar-refractivity contribution in [3.63, 3.8) is 0 Å². The van der Waals surface area contributed by atoms with Gasteiger partial charge in [0.15, 0.2) is 0 Å². The highest BCUT2D eigenvalue weighted by molar-refractivity contribution is 4.82. The van der Waals surface area contributed by atoms with Crippen LogP contribution in [0.25, 0.3) is 0 Å². The second-order valence-corrected chi connectivity index (χ2v) is 5.66. The van der Waals surface area contributed by atoms with Crippen LogP contribution in [0.1, 0.15) is 40.0 Å². The van der Waals surface area contributed by atoms with Crippen LogP contribution in [0, 0.1) is 5.41 Å². The van der Waals surface area contributed by atoms with E-state index in [4.69, 9.17) is 4.74 Å². The van der Waals surface area contributed by atoms with Crippen LogP contribution in [0.15, 0.2) is 0 Å². The van der Waals surface area contributed by atoms with Crippen LogP contribution in [0.4, 0.5) is 0 Å². The average Bonchev–Trinajstić information content (AvgIpc) is 2.37. The first-order chi connectivity index (χ1) is 8.13. The number of nitrogens with one attached hydrogen (secondary N) is 1. The summed E-state index contributed by atoms with van der Waals surface area (Å²) in [7, 11) is 1.83. The Kier molecular flexibility index (Phi) is 6.45. The Bertz CT molecular complexity index is 202. The van der Waals surface area contributed by atoms with Crippen LogP contribution in [0.2, 0.25) is 0 Å². The smallest absolute Gasteiger partial charge is 0.0595 e. The van der Waals surface area contributed by atoms with Gasteiger partial charge < -0.3 is 15.0 Å². The minimum Gasteiger partial charge on any atom is -0.381 e. The predicted molar refractivity (Wildman–Crippen MR) is 73.4 cm³/mol. The standard InChI is InChI=1S/C14H30N2O/c1-5-14(3,11-15-6-2)12-16-9-7-13(17-4)8-10-16/h13,15H,5-12H2,1-4H3. The number of hydrogen-bond acceptors (Lipinski definition) is 3. The zero-order valence-corrected chi connectivity index (χ0v) is 12.1. The molecule has 0 bridgehead atoms. The van der Waals surface area contributed by atoms with Crippen LogP contribution < -0.4 is 5.32 Å². The SMILES string of the molecule is CCNCC(C)(CC)CN1CCC(OC)CC1. The van der Waals surface area contributed by atoms with E-state index in [1.54, 1.807) is 0 Å². The maximum absolute atomic E-state index is 5.42. The fourth-order valence-electron chi connectivity index (χ4n) is 2.56. The van der Waals surface area contributed by atoms with E-state index in [0.717, 1.165) is 13.1 Å². The molecule has 3 nitrogen and oxygen atoms in total. The first kappa shape index (κ1) is 14.9. The highest BCUT2D eigenvalue weighted by atomic mass is 16.5. The van der Waals surface area contributed by atoms with Crippen molar-refractivity contribution in [2.45, 2.75) is 46.1 Å². The number of methoxy groups -OCH3 is 1. The number of likely N-dealkylation sites (tertiary alicyclic amines) is 1. The highest BCUT2D eigenvalue weighted by Gasteiger charge is 2.27. The van der Waals surface area contributed by atoms with Crippen molar-refractivity contribution in [1.29, 1.82) is 0 Å². The van der Waals surface area contributed by atoms with Crippen LogP contribution in [0.5, 0.6) is 0 Å². The lowest BCUT2D eigenvalue weighted by molar-refractivity contribution is 0.0275. The molecule has 1 rings (SSSR count). The summed E-state index contributed by atoms with van der Waals surface area (Å²) in [5.41, 5.74) is 0.413. The zero-order valence-electron chi connectivity index (χ0n) is 12.1. The van der Waals surface area contributed by atoms with E-state index in [9.17, 15) is 0 Å². The Morgan fingerprint density at radius 1 is 1.29 bits per heavy atom. The summed E-state index contributed by atoms with van der Waals surface area (Å²) in [6.07, 6.45) is 4.12. The normalized spacial score (nSPS) is 22.6. The molecule has 0 aromatic heterocycles.